The Labute approximate surface area is 179 Å². The molecule has 0 aliphatic heterocycles. The lowest BCUT2D eigenvalue weighted by atomic mass is 9.71. The molecular formula is C25H28O4S. The minimum atomic E-state index is -3.33. The van der Waals surface area contributed by atoms with Crippen molar-refractivity contribution in [2.75, 3.05) is 25.7 Å². The van der Waals surface area contributed by atoms with Crippen LogP contribution >= 0.6 is 0 Å². The summed E-state index contributed by atoms with van der Waals surface area (Å²) in [6.07, 6.45) is 0.582. The van der Waals surface area contributed by atoms with Crippen molar-refractivity contribution in [3.8, 4) is 11.5 Å². The molecule has 0 bridgehead atoms. The third kappa shape index (κ3) is 4.51. The van der Waals surface area contributed by atoms with E-state index in [2.05, 4.69) is 0 Å². The summed E-state index contributed by atoms with van der Waals surface area (Å²) in [7, 11) is -0.0883. The number of sulfone groups is 1. The summed E-state index contributed by atoms with van der Waals surface area (Å²) in [5, 5.41) is 0. The Balaban J connectivity index is 2.31. The lowest BCUT2D eigenvalue weighted by Crippen LogP contribution is -2.38. The number of hydrogen-bond acceptors (Lipinski definition) is 4. The topological polar surface area (TPSA) is 52.6 Å². The first-order valence-corrected chi connectivity index (χ1v) is 11.8. The van der Waals surface area contributed by atoms with Gasteiger partial charge in [-0.2, -0.15) is 0 Å². The standard InChI is InChI=1S/C25H28O4S/c1-4-18-30(26,27)19-25(20-8-6-5-7-9-20,21-10-14-23(28-2)15-11-21)22-12-16-24(29-3)17-13-22/h5-17H,4,18-19H2,1-3H3. The molecule has 5 heteroatoms. The molecule has 4 nitrogen and oxygen atoms in total. The van der Waals surface area contributed by atoms with Gasteiger partial charge in [0.05, 0.1) is 25.4 Å². The fourth-order valence-electron chi connectivity index (χ4n) is 3.94. The van der Waals surface area contributed by atoms with E-state index >= 15 is 0 Å². The van der Waals surface area contributed by atoms with Crippen LogP contribution in [0.25, 0.3) is 0 Å². The summed E-state index contributed by atoms with van der Waals surface area (Å²) >= 11 is 0. The Morgan fingerprint density at radius 2 is 1.13 bits per heavy atom. The molecule has 0 N–H and O–H groups in total. The Bertz CT molecular complexity index is 993. The molecule has 158 valence electrons. The predicted molar refractivity (Wildman–Crippen MR) is 121 cm³/mol. The molecule has 0 aliphatic rings. The smallest absolute Gasteiger partial charge is 0.151 e. The summed E-state index contributed by atoms with van der Waals surface area (Å²) in [6, 6.07) is 25.2. The number of rotatable bonds is 9. The Kier molecular flexibility index (Phi) is 6.83. The highest BCUT2D eigenvalue weighted by Crippen LogP contribution is 2.41. The van der Waals surface area contributed by atoms with E-state index in [-0.39, 0.29) is 11.5 Å². The molecule has 0 saturated carbocycles. The second-order valence-corrected chi connectivity index (χ2v) is 9.50. The maximum Gasteiger partial charge on any atom is 0.151 e. The van der Waals surface area contributed by atoms with E-state index in [0.29, 0.717) is 6.42 Å². The second kappa shape index (κ2) is 9.35. The van der Waals surface area contributed by atoms with Crippen molar-refractivity contribution >= 4 is 9.84 Å². The summed E-state index contributed by atoms with van der Waals surface area (Å²) in [6.45, 7) is 1.89. The van der Waals surface area contributed by atoms with Gasteiger partial charge in [0, 0.05) is 5.75 Å². The van der Waals surface area contributed by atoms with E-state index in [1.54, 1.807) is 14.2 Å². The highest BCUT2D eigenvalue weighted by Gasteiger charge is 2.40. The molecule has 0 aromatic heterocycles. The molecular weight excluding hydrogens is 396 g/mol. The number of methoxy groups -OCH3 is 2. The van der Waals surface area contributed by atoms with E-state index in [4.69, 9.17) is 9.47 Å². The van der Waals surface area contributed by atoms with E-state index in [0.717, 1.165) is 28.2 Å². The van der Waals surface area contributed by atoms with Crippen LogP contribution in [0.1, 0.15) is 30.0 Å². The number of hydrogen-bond donors (Lipinski definition) is 0. The molecule has 0 saturated heterocycles. The van der Waals surface area contributed by atoms with Crippen LogP contribution in [0.5, 0.6) is 11.5 Å². The molecule has 30 heavy (non-hydrogen) atoms. The van der Waals surface area contributed by atoms with E-state index in [1.807, 2.05) is 85.8 Å². The molecule has 0 fully saturated rings. The van der Waals surface area contributed by atoms with Crippen LogP contribution in [0.2, 0.25) is 0 Å². The van der Waals surface area contributed by atoms with Gasteiger partial charge in [0.2, 0.25) is 0 Å². The third-order valence-corrected chi connectivity index (χ3v) is 7.29. The maximum atomic E-state index is 13.2. The van der Waals surface area contributed by atoms with E-state index < -0.39 is 15.3 Å². The molecule has 0 heterocycles. The van der Waals surface area contributed by atoms with Crippen molar-refractivity contribution in [3.05, 3.63) is 95.6 Å². The van der Waals surface area contributed by atoms with Gasteiger partial charge < -0.3 is 9.47 Å². The van der Waals surface area contributed by atoms with Crippen LogP contribution in [0, 0.1) is 0 Å². The average Bonchev–Trinajstić information content (AvgIpc) is 2.78. The zero-order chi connectivity index (χ0) is 21.6. The Hall–Kier alpha value is -2.79. The van der Waals surface area contributed by atoms with Gasteiger partial charge in [-0.15, -0.1) is 0 Å². The van der Waals surface area contributed by atoms with Crippen LogP contribution in [0.3, 0.4) is 0 Å². The molecule has 0 spiro atoms. The lowest BCUT2D eigenvalue weighted by Gasteiger charge is -2.36. The minimum Gasteiger partial charge on any atom is -0.497 e. The van der Waals surface area contributed by atoms with Gasteiger partial charge in [-0.3, -0.25) is 0 Å². The monoisotopic (exact) mass is 424 g/mol. The molecule has 0 amide bonds. The van der Waals surface area contributed by atoms with Crippen molar-refractivity contribution in [1.82, 2.24) is 0 Å². The number of ether oxygens (including phenoxy) is 2. The number of benzene rings is 3. The largest absolute Gasteiger partial charge is 0.497 e. The van der Waals surface area contributed by atoms with Gasteiger partial charge in [-0.25, -0.2) is 8.42 Å². The zero-order valence-electron chi connectivity index (χ0n) is 17.7. The summed E-state index contributed by atoms with van der Waals surface area (Å²) in [4.78, 5) is 0. The quantitative estimate of drug-likeness (QED) is 0.460. The SMILES string of the molecule is CCCS(=O)(=O)CC(c1ccccc1)(c1ccc(OC)cc1)c1ccc(OC)cc1. The van der Waals surface area contributed by atoms with Crippen LogP contribution in [-0.2, 0) is 15.3 Å². The van der Waals surface area contributed by atoms with E-state index in [1.165, 1.54) is 0 Å². The summed E-state index contributed by atoms with van der Waals surface area (Å²) in [5.74, 6) is 1.59. The van der Waals surface area contributed by atoms with Crippen molar-refractivity contribution < 1.29 is 17.9 Å². The van der Waals surface area contributed by atoms with Crippen LogP contribution in [0.4, 0.5) is 0 Å². The highest BCUT2D eigenvalue weighted by molar-refractivity contribution is 7.91. The zero-order valence-corrected chi connectivity index (χ0v) is 18.5. The summed E-state index contributed by atoms with van der Waals surface area (Å²) < 4.78 is 37.0. The normalized spacial score (nSPS) is 11.8. The first-order chi connectivity index (χ1) is 14.4. The predicted octanol–water partition coefficient (Wildman–Crippen LogP) is 4.86. The Morgan fingerprint density at radius 3 is 1.53 bits per heavy atom. The van der Waals surface area contributed by atoms with Crippen LogP contribution in [-0.4, -0.2) is 34.1 Å². The minimum absolute atomic E-state index is 0.0174. The molecule has 3 aromatic carbocycles. The Morgan fingerprint density at radius 1 is 0.700 bits per heavy atom. The van der Waals surface area contributed by atoms with Gasteiger partial charge in [-0.1, -0.05) is 61.5 Å². The average molecular weight is 425 g/mol. The van der Waals surface area contributed by atoms with Crippen LogP contribution < -0.4 is 9.47 Å². The molecule has 0 aliphatic carbocycles. The van der Waals surface area contributed by atoms with Gasteiger partial charge >= 0.3 is 0 Å². The highest BCUT2D eigenvalue weighted by atomic mass is 32.2. The molecule has 0 unspecified atom stereocenters. The fourth-order valence-corrected chi connectivity index (χ4v) is 5.86. The van der Waals surface area contributed by atoms with Crippen molar-refractivity contribution in [3.63, 3.8) is 0 Å². The van der Waals surface area contributed by atoms with Crippen molar-refractivity contribution in [2.45, 2.75) is 18.8 Å². The first-order valence-electron chi connectivity index (χ1n) is 10.00. The molecule has 3 rings (SSSR count). The molecule has 3 aromatic rings. The van der Waals surface area contributed by atoms with Gasteiger partial charge in [0.1, 0.15) is 11.5 Å². The van der Waals surface area contributed by atoms with Crippen LogP contribution in [0.15, 0.2) is 78.9 Å². The summed E-state index contributed by atoms with van der Waals surface area (Å²) in [5.41, 5.74) is 1.88. The van der Waals surface area contributed by atoms with Gasteiger partial charge in [0.25, 0.3) is 0 Å². The van der Waals surface area contributed by atoms with Crippen molar-refractivity contribution in [1.29, 1.82) is 0 Å². The van der Waals surface area contributed by atoms with Gasteiger partial charge in [0.15, 0.2) is 9.84 Å². The maximum absolute atomic E-state index is 13.2. The molecule has 0 radical (unpaired) electrons. The third-order valence-electron chi connectivity index (χ3n) is 5.38. The van der Waals surface area contributed by atoms with Gasteiger partial charge in [-0.05, 0) is 47.4 Å². The fraction of sp³-hybridized carbons (Fsp3) is 0.280. The second-order valence-electron chi connectivity index (χ2n) is 7.32. The first kappa shape index (κ1) is 21.9. The van der Waals surface area contributed by atoms with Crippen molar-refractivity contribution in [2.24, 2.45) is 0 Å². The lowest BCUT2D eigenvalue weighted by molar-refractivity contribution is 0.414. The molecule has 0 atom stereocenters. The van der Waals surface area contributed by atoms with E-state index in [9.17, 15) is 8.42 Å².